The van der Waals surface area contributed by atoms with Crippen LogP contribution in [0.4, 0.5) is 8.78 Å². The summed E-state index contributed by atoms with van der Waals surface area (Å²) in [6, 6.07) is 0. The number of halogens is 2. The van der Waals surface area contributed by atoms with E-state index in [1.54, 1.807) is 0 Å². The van der Waals surface area contributed by atoms with E-state index in [2.05, 4.69) is 0 Å². The topological polar surface area (TPSA) is 26.3 Å². The molecule has 0 amide bonds. The molecule has 6 rings (SSSR count). The maximum Gasteiger partial charge on any atom is 0.312 e. The Hall–Kier alpha value is -0.670. The minimum absolute atomic E-state index is 0.0336. The zero-order valence-corrected chi connectivity index (χ0v) is 8.82. The third-order valence-corrected chi connectivity index (χ3v) is 6.65. The fourth-order valence-electron chi connectivity index (χ4n) is 6.80. The molecule has 0 radical (unpaired) electrons. The summed E-state index contributed by atoms with van der Waals surface area (Å²) in [5.41, 5.74) is -0.757. The Morgan fingerprint density at radius 2 is 2.06 bits per heavy atom. The lowest BCUT2D eigenvalue weighted by Gasteiger charge is -2.67. The Balaban J connectivity index is 1.77. The average molecular weight is 226 g/mol. The van der Waals surface area contributed by atoms with Crippen LogP contribution in [0.2, 0.25) is 0 Å². The van der Waals surface area contributed by atoms with Gasteiger partial charge < -0.3 is 4.74 Å². The SMILES string of the molecule is COC(=O)[C@@]12[C@@H]3[C@H]4[C@H]5[C@H](C[C@@H]41)[C@H]2C(F)(F)[C@@H]53. The minimum Gasteiger partial charge on any atom is -0.469 e. The summed E-state index contributed by atoms with van der Waals surface area (Å²) in [5.74, 6) is -3.07. The molecule has 6 aliphatic carbocycles. The highest BCUT2D eigenvalue weighted by molar-refractivity contribution is 5.83. The highest BCUT2D eigenvalue weighted by Gasteiger charge is 3.00. The molecule has 0 aromatic carbocycles. The molecule has 6 saturated carbocycles. The van der Waals surface area contributed by atoms with E-state index in [0.717, 1.165) is 6.42 Å². The predicted octanol–water partition coefficient (Wildman–Crippen LogP) is 1.55. The number of alkyl halides is 2. The lowest BCUT2D eigenvalue weighted by atomic mass is 9.34. The molecule has 4 bridgehead atoms. The van der Waals surface area contributed by atoms with Gasteiger partial charge in [0.25, 0.3) is 5.92 Å². The number of rotatable bonds is 1. The second-order valence-corrected chi connectivity index (χ2v) is 6.29. The predicted molar refractivity (Wildman–Crippen MR) is 48.4 cm³/mol. The Kier molecular flexibility index (Phi) is 0.962. The monoisotopic (exact) mass is 226 g/mol. The van der Waals surface area contributed by atoms with Crippen LogP contribution in [-0.2, 0) is 9.53 Å². The number of carbonyl (C=O) groups excluding carboxylic acids is 1. The molecule has 0 aliphatic heterocycles. The molecule has 4 heteroatoms. The van der Waals surface area contributed by atoms with E-state index < -0.39 is 23.2 Å². The van der Waals surface area contributed by atoms with E-state index in [9.17, 15) is 13.6 Å². The van der Waals surface area contributed by atoms with Crippen molar-refractivity contribution < 1.29 is 18.3 Å². The van der Waals surface area contributed by atoms with Crippen molar-refractivity contribution in [3.05, 3.63) is 0 Å². The number of esters is 1. The van der Waals surface area contributed by atoms with E-state index in [0.29, 0.717) is 5.92 Å². The highest BCUT2D eigenvalue weighted by atomic mass is 19.3. The number of carbonyl (C=O) groups is 1. The summed E-state index contributed by atoms with van der Waals surface area (Å²) < 4.78 is 33.2. The first-order valence-electron chi connectivity index (χ1n) is 6.04. The summed E-state index contributed by atoms with van der Waals surface area (Å²) in [4.78, 5) is 12.0. The molecule has 86 valence electrons. The van der Waals surface area contributed by atoms with Crippen LogP contribution in [0, 0.1) is 46.8 Å². The second kappa shape index (κ2) is 1.83. The quantitative estimate of drug-likeness (QED) is 0.634. The molecular formula is C12H12F2O2. The van der Waals surface area contributed by atoms with Crippen molar-refractivity contribution in [3.63, 3.8) is 0 Å². The number of hydrogen-bond donors (Lipinski definition) is 0. The zero-order chi connectivity index (χ0) is 11.0. The van der Waals surface area contributed by atoms with Gasteiger partial charge in [-0.1, -0.05) is 0 Å². The van der Waals surface area contributed by atoms with E-state index in [1.165, 1.54) is 7.11 Å². The van der Waals surface area contributed by atoms with Crippen molar-refractivity contribution in [2.45, 2.75) is 12.3 Å². The fourth-order valence-corrected chi connectivity index (χ4v) is 6.80. The van der Waals surface area contributed by atoms with Gasteiger partial charge >= 0.3 is 5.97 Å². The summed E-state index contributed by atoms with van der Waals surface area (Å²) in [6.45, 7) is 0. The molecule has 8 atom stereocenters. The Labute approximate surface area is 91.3 Å². The van der Waals surface area contributed by atoms with Crippen LogP contribution in [0.3, 0.4) is 0 Å². The van der Waals surface area contributed by atoms with Crippen molar-refractivity contribution >= 4 is 5.97 Å². The standard InChI is InChI=1S/C12H12F2O2/c1-16-10(15)11-4-2-3-5-6(4)7(11)8(5)12(13,14)9(3)11/h3-9H,2H2,1H3/t3-,4-,5+,6+,7+,8-,9+,11+/m0/s1. The first-order chi connectivity index (χ1) is 7.57. The van der Waals surface area contributed by atoms with Gasteiger partial charge in [-0.2, -0.15) is 0 Å². The molecule has 6 aliphatic rings. The summed E-state index contributed by atoms with van der Waals surface area (Å²) in [6.07, 6.45) is 0.859. The van der Waals surface area contributed by atoms with Gasteiger partial charge in [0.05, 0.1) is 12.5 Å². The first kappa shape index (κ1) is 8.43. The van der Waals surface area contributed by atoms with Crippen LogP contribution in [0.15, 0.2) is 0 Å². The normalized spacial score (nSPS) is 69.1. The van der Waals surface area contributed by atoms with E-state index >= 15 is 0 Å². The number of methoxy groups -OCH3 is 1. The number of hydrogen-bond acceptors (Lipinski definition) is 2. The third-order valence-electron chi connectivity index (χ3n) is 6.65. The molecule has 0 aromatic heterocycles. The van der Waals surface area contributed by atoms with Gasteiger partial charge in [0.2, 0.25) is 0 Å². The lowest BCUT2D eigenvalue weighted by Crippen LogP contribution is -2.70. The van der Waals surface area contributed by atoms with Crippen LogP contribution >= 0.6 is 0 Å². The highest BCUT2D eigenvalue weighted by Crippen LogP contribution is 2.96. The van der Waals surface area contributed by atoms with Crippen molar-refractivity contribution in [2.75, 3.05) is 7.11 Å². The molecule has 0 unspecified atom stereocenters. The maximum atomic E-state index is 14.2. The van der Waals surface area contributed by atoms with Crippen molar-refractivity contribution in [3.8, 4) is 0 Å². The molecular weight excluding hydrogens is 214 g/mol. The van der Waals surface area contributed by atoms with Gasteiger partial charge in [-0.05, 0) is 36.0 Å². The van der Waals surface area contributed by atoms with Gasteiger partial charge in [0.15, 0.2) is 0 Å². The third kappa shape index (κ3) is 0.422. The molecule has 0 saturated heterocycles. The second-order valence-electron chi connectivity index (χ2n) is 6.29. The molecule has 0 heterocycles. The molecule has 6 fully saturated rings. The van der Waals surface area contributed by atoms with Crippen LogP contribution < -0.4 is 0 Å². The average Bonchev–Trinajstić information content (AvgIpc) is 2.66. The van der Waals surface area contributed by atoms with Gasteiger partial charge in [-0.25, -0.2) is 8.78 Å². The maximum absolute atomic E-state index is 14.2. The van der Waals surface area contributed by atoms with Crippen molar-refractivity contribution in [1.82, 2.24) is 0 Å². The smallest absolute Gasteiger partial charge is 0.312 e. The number of ether oxygens (including phenoxy) is 1. The molecule has 16 heavy (non-hydrogen) atoms. The molecule has 0 spiro atoms. The van der Waals surface area contributed by atoms with Crippen molar-refractivity contribution in [1.29, 1.82) is 0 Å². The Morgan fingerprint density at radius 1 is 1.31 bits per heavy atom. The fraction of sp³-hybridized carbons (Fsp3) is 0.917. The van der Waals surface area contributed by atoms with E-state index in [1.807, 2.05) is 0 Å². The van der Waals surface area contributed by atoms with E-state index in [4.69, 9.17) is 4.74 Å². The van der Waals surface area contributed by atoms with Gasteiger partial charge in [-0.3, -0.25) is 4.79 Å². The summed E-state index contributed by atoms with van der Waals surface area (Å²) in [7, 11) is 1.34. The van der Waals surface area contributed by atoms with Gasteiger partial charge in [-0.15, -0.1) is 0 Å². The lowest BCUT2D eigenvalue weighted by molar-refractivity contribution is -0.248. The van der Waals surface area contributed by atoms with Crippen LogP contribution in [0.25, 0.3) is 0 Å². The van der Waals surface area contributed by atoms with Gasteiger partial charge in [0.1, 0.15) is 0 Å². The van der Waals surface area contributed by atoms with Crippen LogP contribution in [0.1, 0.15) is 6.42 Å². The first-order valence-corrected chi connectivity index (χ1v) is 6.04. The largest absolute Gasteiger partial charge is 0.469 e. The molecule has 2 nitrogen and oxygen atoms in total. The molecule has 0 aromatic rings. The van der Waals surface area contributed by atoms with Crippen LogP contribution in [-0.4, -0.2) is 19.0 Å². The van der Waals surface area contributed by atoms with Crippen molar-refractivity contribution in [2.24, 2.45) is 46.8 Å². The molecule has 0 N–H and O–H groups in total. The Morgan fingerprint density at radius 3 is 2.75 bits per heavy atom. The Bertz CT molecular complexity index is 448. The van der Waals surface area contributed by atoms with E-state index in [-0.39, 0.29) is 29.6 Å². The zero-order valence-electron chi connectivity index (χ0n) is 8.82. The van der Waals surface area contributed by atoms with Gasteiger partial charge in [0, 0.05) is 11.8 Å². The minimum atomic E-state index is -2.59. The summed E-state index contributed by atoms with van der Waals surface area (Å²) >= 11 is 0. The van der Waals surface area contributed by atoms with Crippen LogP contribution in [0.5, 0.6) is 0 Å². The summed E-state index contributed by atoms with van der Waals surface area (Å²) in [5, 5.41) is 0.